The molecule has 1 aromatic heterocycles. The van der Waals surface area contributed by atoms with Gasteiger partial charge < -0.3 is 10.4 Å². The Balaban J connectivity index is 2.63. The van der Waals surface area contributed by atoms with Crippen molar-refractivity contribution >= 4 is 28.5 Å². The van der Waals surface area contributed by atoms with Crippen LogP contribution >= 0.6 is 11.3 Å². The predicted molar refractivity (Wildman–Crippen MR) is 72.3 cm³/mol. The van der Waals surface area contributed by atoms with Crippen LogP contribution in [0.25, 0.3) is 0 Å². The number of amides is 2. The van der Waals surface area contributed by atoms with Crippen molar-refractivity contribution in [2.24, 2.45) is 5.41 Å². The molecule has 1 atom stereocenters. The lowest BCUT2D eigenvalue weighted by atomic mass is 9.85. The lowest BCUT2D eigenvalue weighted by Crippen LogP contribution is -2.46. The monoisotopic (exact) mass is 286 g/mol. The Morgan fingerprint density at radius 3 is 2.42 bits per heavy atom. The van der Waals surface area contributed by atoms with Crippen molar-refractivity contribution < 1.29 is 14.7 Å². The number of nitrogens with one attached hydrogen (secondary N) is 2. The van der Waals surface area contributed by atoms with Gasteiger partial charge in [0.25, 0.3) is 0 Å². The number of aliphatic carboxylic acids is 1. The van der Waals surface area contributed by atoms with Gasteiger partial charge in [0.1, 0.15) is 5.01 Å². The molecule has 106 valence electrons. The molecule has 2 amide bonds. The number of carbonyl (C=O) groups is 2. The van der Waals surface area contributed by atoms with E-state index in [2.05, 4.69) is 20.8 Å². The number of aromatic nitrogens is 2. The topological polar surface area (TPSA) is 104 Å². The Morgan fingerprint density at radius 2 is 2.00 bits per heavy atom. The number of nitrogens with zero attached hydrogens (tertiary/aromatic N) is 2. The maximum absolute atomic E-state index is 11.8. The third-order valence-electron chi connectivity index (χ3n) is 2.48. The summed E-state index contributed by atoms with van der Waals surface area (Å²) in [5, 5.41) is 22.7. The summed E-state index contributed by atoms with van der Waals surface area (Å²) in [4.78, 5) is 22.6. The van der Waals surface area contributed by atoms with E-state index in [-0.39, 0.29) is 11.8 Å². The highest BCUT2D eigenvalue weighted by molar-refractivity contribution is 7.15. The van der Waals surface area contributed by atoms with E-state index in [1.54, 1.807) is 6.92 Å². The molecule has 0 saturated heterocycles. The van der Waals surface area contributed by atoms with E-state index >= 15 is 0 Å². The molecule has 8 heteroatoms. The normalized spacial score (nSPS) is 12.8. The zero-order valence-corrected chi connectivity index (χ0v) is 12.2. The van der Waals surface area contributed by atoms with Gasteiger partial charge in [-0.05, 0) is 12.3 Å². The summed E-state index contributed by atoms with van der Waals surface area (Å²) in [5.74, 6) is -0.952. The molecule has 0 saturated carbocycles. The van der Waals surface area contributed by atoms with Gasteiger partial charge in [0, 0.05) is 6.04 Å². The fourth-order valence-electron chi connectivity index (χ4n) is 1.39. The van der Waals surface area contributed by atoms with Gasteiger partial charge in [-0.1, -0.05) is 32.1 Å². The summed E-state index contributed by atoms with van der Waals surface area (Å²) >= 11 is 1.25. The Hall–Kier alpha value is -1.70. The van der Waals surface area contributed by atoms with Gasteiger partial charge in [-0.15, -0.1) is 10.2 Å². The second-order valence-corrected chi connectivity index (χ2v) is 6.42. The predicted octanol–water partition coefficient (Wildman–Crippen LogP) is 1.86. The van der Waals surface area contributed by atoms with E-state index < -0.39 is 18.0 Å². The zero-order chi connectivity index (χ0) is 14.6. The molecule has 0 radical (unpaired) electrons. The van der Waals surface area contributed by atoms with E-state index in [4.69, 9.17) is 5.11 Å². The van der Waals surface area contributed by atoms with Crippen LogP contribution in [0.4, 0.5) is 9.93 Å². The molecule has 1 aromatic rings. The fraction of sp³-hybridized carbons (Fsp3) is 0.636. The first-order chi connectivity index (χ1) is 8.68. The highest BCUT2D eigenvalue weighted by Gasteiger charge is 2.28. The van der Waals surface area contributed by atoms with Crippen molar-refractivity contribution in [2.45, 2.75) is 40.2 Å². The average Bonchev–Trinajstić information content (AvgIpc) is 2.60. The van der Waals surface area contributed by atoms with Crippen LogP contribution < -0.4 is 10.6 Å². The fourth-order valence-corrected chi connectivity index (χ4v) is 1.97. The number of rotatable bonds is 4. The lowest BCUT2D eigenvalue weighted by molar-refractivity contribution is -0.138. The molecule has 19 heavy (non-hydrogen) atoms. The third kappa shape index (κ3) is 5.21. The van der Waals surface area contributed by atoms with Crippen molar-refractivity contribution in [3.05, 3.63) is 5.01 Å². The molecule has 0 bridgehead atoms. The van der Waals surface area contributed by atoms with E-state index in [0.717, 1.165) is 5.01 Å². The molecular weight excluding hydrogens is 268 g/mol. The van der Waals surface area contributed by atoms with Gasteiger partial charge in [0.15, 0.2) is 0 Å². The van der Waals surface area contributed by atoms with Gasteiger partial charge in [-0.2, -0.15) is 0 Å². The van der Waals surface area contributed by atoms with Crippen LogP contribution in [0.15, 0.2) is 0 Å². The molecule has 0 spiro atoms. The summed E-state index contributed by atoms with van der Waals surface area (Å²) < 4.78 is 0. The molecule has 1 unspecified atom stereocenters. The van der Waals surface area contributed by atoms with Gasteiger partial charge in [-0.3, -0.25) is 10.1 Å². The quantitative estimate of drug-likeness (QED) is 0.783. The Kier molecular flexibility index (Phi) is 4.82. The number of anilines is 1. The summed E-state index contributed by atoms with van der Waals surface area (Å²) in [6.45, 7) is 7.39. The summed E-state index contributed by atoms with van der Waals surface area (Å²) in [7, 11) is 0. The van der Waals surface area contributed by atoms with Gasteiger partial charge in [0.05, 0.1) is 6.42 Å². The molecule has 1 heterocycles. The third-order valence-corrected chi connectivity index (χ3v) is 3.23. The van der Waals surface area contributed by atoms with E-state index in [9.17, 15) is 9.59 Å². The van der Waals surface area contributed by atoms with E-state index in [1.807, 2.05) is 20.8 Å². The molecule has 1 rings (SSSR count). The number of aryl methyl sites for hydroxylation is 1. The zero-order valence-electron chi connectivity index (χ0n) is 11.4. The minimum atomic E-state index is -0.952. The first kappa shape index (κ1) is 15.4. The largest absolute Gasteiger partial charge is 0.481 e. The van der Waals surface area contributed by atoms with Crippen LogP contribution in [0.3, 0.4) is 0 Å². The highest BCUT2D eigenvalue weighted by Crippen LogP contribution is 2.22. The average molecular weight is 286 g/mol. The first-order valence-corrected chi connectivity index (χ1v) is 6.59. The molecule has 3 N–H and O–H groups in total. The standard InChI is InChI=1S/C11H18N4O3S/c1-6-14-15-10(19-6)13-9(18)12-7(5-8(16)17)11(2,3)4/h7H,5H2,1-4H3,(H,16,17)(H2,12,13,15,18). The second kappa shape index (κ2) is 5.96. The van der Waals surface area contributed by atoms with Crippen molar-refractivity contribution in [1.82, 2.24) is 15.5 Å². The van der Waals surface area contributed by atoms with Crippen LogP contribution in [0.1, 0.15) is 32.2 Å². The number of carbonyl (C=O) groups excluding carboxylic acids is 1. The van der Waals surface area contributed by atoms with E-state index in [0.29, 0.717) is 5.13 Å². The van der Waals surface area contributed by atoms with E-state index in [1.165, 1.54) is 11.3 Å². The van der Waals surface area contributed by atoms with Crippen molar-refractivity contribution in [3.63, 3.8) is 0 Å². The summed E-state index contributed by atoms with van der Waals surface area (Å²) in [6.07, 6.45) is -0.133. The smallest absolute Gasteiger partial charge is 0.321 e. The molecular formula is C11H18N4O3S. The maximum atomic E-state index is 11.8. The Morgan fingerprint density at radius 1 is 1.37 bits per heavy atom. The number of hydrogen-bond donors (Lipinski definition) is 3. The van der Waals surface area contributed by atoms with Crippen molar-refractivity contribution in [3.8, 4) is 0 Å². The number of carboxylic acid groups (broad SMARTS) is 1. The lowest BCUT2D eigenvalue weighted by Gasteiger charge is -2.30. The van der Waals surface area contributed by atoms with Crippen LogP contribution in [-0.4, -0.2) is 33.3 Å². The number of urea groups is 1. The Labute approximate surface area is 115 Å². The SMILES string of the molecule is Cc1nnc(NC(=O)NC(CC(=O)O)C(C)(C)C)s1. The summed E-state index contributed by atoms with van der Waals surface area (Å²) in [5.41, 5.74) is -0.354. The van der Waals surface area contributed by atoms with Crippen molar-refractivity contribution in [1.29, 1.82) is 0 Å². The second-order valence-electron chi connectivity index (χ2n) is 5.24. The molecule has 7 nitrogen and oxygen atoms in total. The van der Waals surface area contributed by atoms with Crippen LogP contribution in [-0.2, 0) is 4.79 Å². The van der Waals surface area contributed by atoms with Crippen LogP contribution in [0.5, 0.6) is 0 Å². The first-order valence-electron chi connectivity index (χ1n) is 5.78. The number of carboxylic acids is 1. The van der Waals surface area contributed by atoms with Crippen LogP contribution in [0.2, 0.25) is 0 Å². The molecule has 0 aliphatic rings. The molecule has 0 aromatic carbocycles. The molecule has 0 aliphatic heterocycles. The van der Waals surface area contributed by atoms with Gasteiger partial charge >= 0.3 is 12.0 Å². The minimum Gasteiger partial charge on any atom is -0.481 e. The number of hydrogen-bond acceptors (Lipinski definition) is 5. The van der Waals surface area contributed by atoms with Crippen molar-refractivity contribution in [2.75, 3.05) is 5.32 Å². The molecule has 0 aliphatic carbocycles. The summed E-state index contributed by atoms with van der Waals surface area (Å²) in [6, 6.07) is -0.948. The van der Waals surface area contributed by atoms with Gasteiger partial charge in [0.2, 0.25) is 5.13 Å². The highest BCUT2D eigenvalue weighted by atomic mass is 32.1. The minimum absolute atomic E-state index is 0.133. The Bertz CT molecular complexity index is 467. The maximum Gasteiger partial charge on any atom is 0.321 e. The van der Waals surface area contributed by atoms with Crippen LogP contribution in [0, 0.1) is 12.3 Å². The molecule has 0 fully saturated rings. The van der Waals surface area contributed by atoms with Gasteiger partial charge in [-0.25, -0.2) is 4.79 Å².